The van der Waals surface area contributed by atoms with E-state index in [0.717, 1.165) is 42.8 Å². The number of rotatable bonds is 5. The predicted molar refractivity (Wildman–Crippen MR) is 116 cm³/mol. The van der Waals surface area contributed by atoms with Crippen molar-refractivity contribution >= 4 is 11.6 Å². The molecular formula is C24H30N4O. The summed E-state index contributed by atoms with van der Waals surface area (Å²) in [4.78, 5) is 20.1. The third-order valence-corrected chi connectivity index (χ3v) is 5.85. The van der Waals surface area contributed by atoms with Gasteiger partial charge in [0.25, 0.3) is 5.91 Å². The number of likely N-dealkylation sites (tertiary alicyclic amines) is 1. The number of hydrogen-bond donors (Lipinski definition) is 1. The van der Waals surface area contributed by atoms with Gasteiger partial charge in [-0.3, -0.25) is 4.79 Å². The minimum atomic E-state index is 0.0671. The van der Waals surface area contributed by atoms with Gasteiger partial charge in [-0.15, -0.1) is 0 Å². The largest absolute Gasteiger partial charge is 0.337 e. The fourth-order valence-electron chi connectivity index (χ4n) is 4.07. The zero-order valence-corrected chi connectivity index (χ0v) is 17.4. The van der Waals surface area contributed by atoms with Crippen LogP contribution >= 0.6 is 0 Å². The Kier molecular flexibility index (Phi) is 5.95. The molecule has 1 amide bonds. The molecule has 29 heavy (non-hydrogen) atoms. The first kappa shape index (κ1) is 19.6. The molecule has 0 unspecified atom stereocenters. The van der Waals surface area contributed by atoms with Gasteiger partial charge in [0.1, 0.15) is 5.65 Å². The molecule has 4 rings (SSSR count). The van der Waals surface area contributed by atoms with Crippen molar-refractivity contribution in [3.63, 3.8) is 0 Å². The molecule has 1 aliphatic heterocycles. The first-order valence-corrected chi connectivity index (χ1v) is 10.7. The molecule has 0 aliphatic carbocycles. The molecule has 3 heterocycles. The molecule has 1 saturated heterocycles. The molecule has 0 radical (unpaired) electrons. The fraction of sp³-hybridized carbons (Fsp3) is 0.417. The van der Waals surface area contributed by atoms with Crippen LogP contribution in [0, 0.1) is 6.92 Å². The summed E-state index contributed by atoms with van der Waals surface area (Å²) in [6, 6.07) is 14.7. The SMILES string of the molecule is Cc1ccn2c(CN[C@H](C)c3ccccc3)c(C(=O)N3CCCCCC3)nc2c1. The minimum absolute atomic E-state index is 0.0671. The summed E-state index contributed by atoms with van der Waals surface area (Å²) in [6.45, 7) is 6.46. The van der Waals surface area contributed by atoms with Crippen molar-refractivity contribution in [2.45, 2.75) is 52.1 Å². The number of hydrogen-bond acceptors (Lipinski definition) is 3. The first-order valence-electron chi connectivity index (χ1n) is 10.7. The van der Waals surface area contributed by atoms with Crippen molar-refractivity contribution in [1.29, 1.82) is 0 Å². The molecule has 0 bridgehead atoms. The van der Waals surface area contributed by atoms with E-state index in [2.05, 4.69) is 53.9 Å². The van der Waals surface area contributed by atoms with Crippen molar-refractivity contribution in [2.24, 2.45) is 0 Å². The second kappa shape index (κ2) is 8.78. The highest BCUT2D eigenvalue weighted by molar-refractivity contribution is 5.94. The molecule has 1 aliphatic rings. The van der Waals surface area contributed by atoms with E-state index in [1.54, 1.807) is 0 Å². The average Bonchev–Trinajstić information content (AvgIpc) is 2.91. The molecule has 3 aromatic rings. The predicted octanol–water partition coefficient (Wildman–Crippen LogP) is 4.51. The van der Waals surface area contributed by atoms with Crippen LogP contribution in [0.1, 0.15) is 66.0 Å². The zero-order chi connectivity index (χ0) is 20.2. The van der Waals surface area contributed by atoms with Gasteiger partial charge in [-0.2, -0.15) is 0 Å². The topological polar surface area (TPSA) is 49.6 Å². The Labute approximate surface area is 172 Å². The standard InChI is InChI=1S/C24H30N4O/c1-18-12-15-28-21(17-25-19(2)20-10-6-5-7-11-20)23(26-22(28)16-18)24(29)27-13-8-3-4-9-14-27/h5-7,10-12,15-16,19,25H,3-4,8-9,13-14,17H2,1-2H3/t19-/m1/s1. The summed E-state index contributed by atoms with van der Waals surface area (Å²) in [5.74, 6) is 0.0671. The number of aromatic nitrogens is 2. The van der Waals surface area contributed by atoms with Crippen LogP contribution in [0.4, 0.5) is 0 Å². The average molecular weight is 391 g/mol. The number of benzene rings is 1. The van der Waals surface area contributed by atoms with Crippen LogP contribution in [0.2, 0.25) is 0 Å². The molecule has 5 nitrogen and oxygen atoms in total. The molecule has 1 atom stereocenters. The van der Waals surface area contributed by atoms with Gasteiger partial charge in [-0.05, 0) is 49.9 Å². The number of pyridine rings is 1. The van der Waals surface area contributed by atoms with Gasteiger partial charge in [-0.25, -0.2) is 4.98 Å². The number of nitrogens with one attached hydrogen (secondary N) is 1. The van der Waals surface area contributed by atoms with E-state index in [1.807, 2.05) is 23.2 Å². The van der Waals surface area contributed by atoms with Crippen molar-refractivity contribution in [3.8, 4) is 0 Å². The van der Waals surface area contributed by atoms with E-state index in [4.69, 9.17) is 4.98 Å². The highest BCUT2D eigenvalue weighted by Gasteiger charge is 2.25. The number of fused-ring (bicyclic) bond motifs is 1. The molecular weight excluding hydrogens is 360 g/mol. The van der Waals surface area contributed by atoms with Gasteiger partial charge >= 0.3 is 0 Å². The van der Waals surface area contributed by atoms with Crippen molar-refractivity contribution in [2.75, 3.05) is 13.1 Å². The van der Waals surface area contributed by atoms with Gasteiger partial charge in [0.2, 0.25) is 0 Å². The summed E-state index contributed by atoms with van der Waals surface area (Å²) < 4.78 is 2.06. The summed E-state index contributed by atoms with van der Waals surface area (Å²) in [5, 5.41) is 3.59. The zero-order valence-electron chi connectivity index (χ0n) is 17.4. The summed E-state index contributed by atoms with van der Waals surface area (Å²) in [5.41, 5.74) is 4.75. The Bertz CT molecular complexity index is 971. The van der Waals surface area contributed by atoms with Gasteiger partial charge in [0.05, 0.1) is 5.69 Å². The van der Waals surface area contributed by atoms with E-state index in [0.29, 0.717) is 12.2 Å². The highest BCUT2D eigenvalue weighted by Crippen LogP contribution is 2.20. The van der Waals surface area contributed by atoms with Crippen LogP contribution in [0.3, 0.4) is 0 Å². The summed E-state index contributed by atoms with van der Waals surface area (Å²) in [7, 11) is 0. The van der Waals surface area contributed by atoms with Crippen LogP contribution in [0.5, 0.6) is 0 Å². The van der Waals surface area contributed by atoms with Crippen LogP contribution in [0.25, 0.3) is 5.65 Å². The van der Waals surface area contributed by atoms with Gasteiger partial charge in [0, 0.05) is 31.9 Å². The molecule has 152 valence electrons. The molecule has 1 fully saturated rings. The highest BCUT2D eigenvalue weighted by atomic mass is 16.2. The number of carbonyl (C=O) groups excluding carboxylic acids is 1. The second-order valence-electron chi connectivity index (χ2n) is 8.06. The smallest absolute Gasteiger partial charge is 0.274 e. The maximum absolute atomic E-state index is 13.4. The Balaban J connectivity index is 1.63. The van der Waals surface area contributed by atoms with Gasteiger partial charge in [-0.1, -0.05) is 43.2 Å². The van der Waals surface area contributed by atoms with Crippen molar-refractivity contribution in [1.82, 2.24) is 19.6 Å². The van der Waals surface area contributed by atoms with E-state index >= 15 is 0 Å². The molecule has 0 spiro atoms. The monoisotopic (exact) mass is 390 g/mol. The van der Waals surface area contributed by atoms with E-state index in [9.17, 15) is 4.79 Å². The lowest BCUT2D eigenvalue weighted by Gasteiger charge is -2.20. The molecule has 1 aromatic carbocycles. The lowest BCUT2D eigenvalue weighted by molar-refractivity contribution is 0.0755. The number of carbonyl (C=O) groups is 1. The molecule has 5 heteroatoms. The number of aryl methyl sites for hydroxylation is 1. The Morgan fingerprint density at radius 2 is 1.83 bits per heavy atom. The van der Waals surface area contributed by atoms with E-state index < -0.39 is 0 Å². The lowest BCUT2D eigenvalue weighted by Crippen LogP contribution is -2.33. The second-order valence-corrected chi connectivity index (χ2v) is 8.06. The fourth-order valence-corrected chi connectivity index (χ4v) is 4.07. The first-order chi connectivity index (χ1) is 14.1. The Morgan fingerprint density at radius 1 is 1.10 bits per heavy atom. The normalized spacial score (nSPS) is 16.0. The Hall–Kier alpha value is -2.66. The summed E-state index contributed by atoms with van der Waals surface area (Å²) in [6.07, 6.45) is 6.60. The molecule has 2 aromatic heterocycles. The van der Waals surface area contributed by atoms with Crippen LogP contribution < -0.4 is 5.32 Å². The van der Waals surface area contributed by atoms with Crippen LogP contribution in [0.15, 0.2) is 48.7 Å². The number of nitrogens with zero attached hydrogens (tertiary/aromatic N) is 3. The summed E-state index contributed by atoms with van der Waals surface area (Å²) >= 11 is 0. The number of imidazole rings is 1. The number of amides is 1. The third-order valence-electron chi connectivity index (χ3n) is 5.85. The van der Waals surface area contributed by atoms with Crippen molar-refractivity contribution in [3.05, 3.63) is 71.2 Å². The third kappa shape index (κ3) is 4.35. The molecule has 1 N–H and O–H groups in total. The van der Waals surface area contributed by atoms with E-state index in [1.165, 1.54) is 18.4 Å². The molecule has 0 saturated carbocycles. The van der Waals surface area contributed by atoms with Gasteiger partial charge < -0.3 is 14.6 Å². The van der Waals surface area contributed by atoms with Gasteiger partial charge in [0.15, 0.2) is 5.69 Å². The quantitative estimate of drug-likeness (QED) is 0.697. The van der Waals surface area contributed by atoms with Crippen LogP contribution in [-0.2, 0) is 6.54 Å². The van der Waals surface area contributed by atoms with E-state index in [-0.39, 0.29) is 11.9 Å². The Morgan fingerprint density at radius 3 is 2.55 bits per heavy atom. The maximum Gasteiger partial charge on any atom is 0.274 e. The van der Waals surface area contributed by atoms with Crippen LogP contribution in [-0.4, -0.2) is 33.3 Å². The maximum atomic E-state index is 13.4. The minimum Gasteiger partial charge on any atom is -0.337 e. The lowest BCUT2D eigenvalue weighted by atomic mass is 10.1. The van der Waals surface area contributed by atoms with Crippen molar-refractivity contribution < 1.29 is 4.79 Å².